The smallest absolute Gasteiger partial charge is 0.411 e. The predicted molar refractivity (Wildman–Crippen MR) is 93.7 cm³/mol. The number of nitrogens with zero attached hydrogens (tertiary/aromatic N) is 1. The molecule has 0 aliphatic carbocycles. The first kappa shape index (κ1) is 19.5. The number of carbonyl (C=O) groups excluding carboxylic acids is 1. The van der Waals surface area contributed by atoms with Gasteiger partial charge in [0.15, 0.2) is 8.32 Å². The third-order valence-corrected chi connectivity index (χ3v) is 9.18. The average molecular weight is 330 g/mol. The Balaban J connectivity index is 2.64. The second kappa shape index (κ2) is 6.52. The molecule has 0 unspecified atom stereocenters. The highest BCUT2D eigenvalue weighted by Gasteiger charge is 2.53. The highest BCUT2D eigenvalue weighted by Crippen LogP contribution is 2.39. The van der Waals surface area contributed by atoms with Crippen LogP contribution in [0, 0.1) is 0 Å². The maximum absolute atomic E-state index is 12.3. The minimum Gasteiger partial charge on any atom is -0.444 e. The Morgan fingerprint density at radius 3 is 2.05 bits per heavy atom. The second-order valence-electron chi connectivity index (χ2n) is 8.88. The lowest BCUT2D eigenvalue weighted by atomic mass is 10.2. The Morgan fingerprint density at radius 1 is 1.09 bits per heavy atom. The third-order valence-electron chi connectivity index (χ3n) is 4.68. The lowest BCUT2D eigenvalue weighted by Crippen LogP contribution is -2.42. The molecule has 0 N–H and O–H groups in total. The van der Waals surface area contributed by atoms with Crippen LogP contribution in [0.15, 0.2) is 0 Å². The van der Waals surface area contributed by atoms with Crippen LogP contribution in [-0.2, 0) is 9.16 Å². The van der Waals surface area contributed by atoms with Gasteiger partial charge in [-0.3, -0.25) is 4.90 Å². The number of hydrogen-bond donors (Lipinski definition) is 0. The fraction of sp³-hybridized carbons (Fsp3) is 0.941. The highest BCUT2D eigenvalue weighted by molar-refractivity contribution is 6.74. The number of carbonyl (C=O) groups is 1. The molecule has 130 valence electrons. The first-order valence-corrected chi connectivity index (χ1v) is 11.4. The fourth-order valence-electron chi connectivity index (χ4n) is 2.25. The van der Waals surface area contributed by atoms with Crippen molar-refractivity contribution in [3.63, 3.8) is 0 Å². The SMILES string of the molecule is CCC[C@H]1[C@H](CO[Si](C)(C)C(C)(C)C)N1C(=O)OC(C)(C)C. The van der Waals surface area contributed by atoms with Crippen molar-refractivity contribution in [3.8, 4) is 0 Å². The number of hydrogen-bond acceptors (Lipinski definition) is 3. The van der Waals surface area contributed by atoms with Crippen LogP contribution in [0.3, 0.4) is 0 Å². The molecule has 0 saturated carbocycles. The van der Waals surface area contributed by atoms with Gasteiger partial charge >= 0.3 is 6.09 Å². The Labute approximate surface area is 137 Å². The number of amides is 1. The summed E-state index contributed by atoms with van der Waals surface area (Å²) in [5.74, 6) is 0. The van der Waals surface area contributed by atoms with Crippen LogP contribution in [0.25, 0.3) is 0 Å². The number of ether oxygens (including phenoxy) is 1. The van der Waals surface area contributed by atoms with Crippen LogP contribution in [-0.4, -0.2) is 43.6 Å². The van der Waals surface area contributed by atoms with Crippen molar-refractivity contribution in [2.75, 3.05) is 6.61 Å². The summed E-state index contributed by atoms with van der Waals surface area (Å²) in [6, 6.07) is 0.466. The quantitative estimate of drug-likeness (QED) is 0.537. The minimum absolute atomic E-state index is 0.184. The molecule has 1 aliphatic heterocycles. The van der Waals surface area contributed by atoms with Gasteiger partial charge < -0.3 is 9.16 Å². The highest BCUT2D eigenvalue weighted by atomic mass is 28.4. The van der Waals surface area contributed by atoms with Crippen LogP contribution in [0.4, 0.5) is 4.79 Å². The van der Waals surface area contributed by atoms with Gasteiger partial charge in [0.1, 0.15) is 5.60 Å². The van der Waals surface area contributed by atoms with Crippen molar-refractivity contribution in [1.82, 2.24) is 4.90 Å². The van der Waals surface area contributed by atoms with E-state index in [2.05, 4.69) is 40.8 Å². The monoisotopic (exact) mass is 329 g/mol. The number of rotatable bonds is 5. The second-order valence-corrected chi connectivity index (χ2v) is 13.7. The van der Waals surface area contributed by atoms with Crippen LogP contribution >= 0.6 is 0 Å². The third kappa shape index (κ3) is 4.98. The molecule has 0 aromatic heterocycles. The molecule has 2 atom stereocenters. The lowest BCUT2D eigenvalue weighted by Gasteiger charge is -2.36. The lowest BCUT2D eigenvalue weighted by molar-refractivity contribution is 0.0382. The maximum Gasteiger partial charge on any atom is 0.411 e. The molecule has 5 heteroatoms. The van der Waals surface area contributed by atoms with Crippen LogP contribution in [0.1, 0.15) is 61.3 Å². The summed E-state index contributed by atoms with van der Waals surface area (Å²) in [6.07, 6.45) is 1.89. The van der Waals surface area contributed by atoms with Gasteiger partial charge in [-0.15, -0.1) is 0 Å². The largest absolute Gasteiger partial charge is 0.444 e. The van der Waals surface area contributed by atoms with Crippen LogP contribution in [0.2, 0.25) is 18.1 Å². The van der Waals surface area contributed by atoms with Crippen LogP contribution < -0.4 is 0 Å². The van der Waals surface area contributed by atoms with Crippen LogP contribution in [0.5, 0.6) is 0 Å². The van der Waals surface area contributed by atoms with Gasteiger partial charge in [0, 0.05) is 0 Å². The Hall–Kier alpha value is -0.553. The molecule has 1 fully saturated rings. The molecule has 4 nitrogen and oxygen atoms in total. The first-order chi connectivity index (χ1) is 9.80. The summed E-state index contributed by atoms with van der Waals surface area (Å²) < 4.78 is 11.8. The molecular formula is C17H35NO3Si. The van der Waals surface area contributed by atoms with Gasteiger partial charge in [-0.05, 0) is 45.3 Å². The van der Waals surface area contributed by atoms with Gasteiger partial charge in [-0.25, -0.2) is 4.79 Å². The molecule has 0 radical (unpaired) electrons. The maximum atomic E-state index is 12.3. The molecule has 1 heterocycles. The van der Waals surface area contributed by atoms with E-state index in [1.165, 1.54) is 0 Å². The van der Waals surface area contributed by atoms with E-state index in [0.717, 1.165) is 12.8 Å². The summed E-state index contributed by atoms with van der Waals surface area (Å²) in [6.45, 7) is 19.7. The van der Waals surface area contributed by atoms with Gasteiger partial charge in [0.2, 0.25) is 0 Å². The normalized spacial score (nSPS) is 22.7. The van der Waals surface area contributed by atoms with Crippen molar-refractivity contribution >= 4 is 14.4 Å². The molecule has 1 amide bonds. The van der Waals surface area contributed by atoms with Gasteiger partial charge in [0.25, 0.3) is 0 Å². The van der Waals surface area contributed by atoms with E-state index < -0.39 is 13.9 Å². The molecule has 1 aliphatic rings. The molecule has 1 rings (SSSR count). The predicted octanol–water partition coefficient (Wildman–Crippen LogP) is 4.80. The molecule has 0 aromatic rings. The van der Waals surface area contributed by atoms with Crippen molar-refractivity contribution < 1.29 is 14.0 Å². The molecule has 1 saturated heterocycles. The summed E-state index contributed by atoms with van der Waals surface area (Å²) in [5, 5.41) is 0.193. The molecule has 0 spiro atoms. The topological polar surface area (TPSA) is 38.5 Å². The van der Waals surface area contributed by atoms with E-state index in [0.29, 0.717) is 6.61 Å². The molecular weight excluding hydrogens is 294 g/mol. The van der Waals surface area contributed by atoms with E-state index in [4.69, 9.17) is 9.16 Å². The van der Waals surface area contributed by atoms with Crippen molar-refractivity contribution in [2.45, 2.75) is 97.1 Å². The summed E-state index contributed by atoms with van der Waals surface area (Å²) in [7, 11) is -1.77. The molecule has 22 heavy (non-hydrogen) atoms. The Kier molecular flexibility index (Phi) is 5.77. The van der Waals surface area contributed by atoms with E-state index >= 15 is 0 Å². The van der Waals surface area contributed by atoms with Gasteiger partial charge in [0.05, 0.1) is 18.7 Å². The Morgan fingerprint density at radius 2 is 1.64 bits per heavy atom. The first-order valence-electron chi connectivity index (χ1n) is 8.45. The Bertz CT molecular complexity index is 396. The zero-order valence-electron chi connectivity index (χ0n) is 15.9. The zero-order chi connectivity index (χ0) is 17.3. The van der Waals surface area contributed by atoms with E-state index in [9.17, 15) is 4.79 Å². The summed E-state index contributed by atoms with van der Waals surface area (Å²) in [4.78, 5) is 14.2. The molecule has 0 bridgehead atoms. The van der Waals surface area contributed by atoms with Crippen molar-refractivity contribution in [1.29, 1.82) is 0 Å². The van der Waals surface area contributed by atoms with Crippen molar-refractivity contribution in [2.24, 2.45) is 0 Å². The fourth-order valence-corrected chi connectivity index (χ4v) is 3.27. The average Bonchev–Trinajstić information content (AvgIpc) is 2.96. The zero-order valence-corrected chi connectivity index (χ0v) is 16.9. The van der Waals surface area contributed by atoms with Gasteiger partial charge in [-0.1, -0.05) is 34.1 Å². The summed E-state index contributed by atoms with van der Waals surface area (Å²) in [5.41, 5.74) is -0.443. The molecule has 0 aromatic carbocycles. The van der Waals surface area contributed by atoms with E-state index in [1.807, 2.05) is 25.7 Å². The summed E-state index contributed by atoms with van der Waals surface area (Å²) >= 11 is 0. The standard InChI is InChI=1S/C17H35NO3Si/c1-10-11-13-14(12-20-22(8,9)17(5,6)7)18(13)15(19)21-16(2,3)4/h13-14H,10-12H2,1-9H3/t13-,14-,18?/m0/s1. The van der Waals surface area contributed by atoms with E-state index in [1.54, 1.807) is 0 Å². The van der Waals surface area contributed by atoms with Crippen molar-refractivity contribution in [3.05, 3.63) is 0 Å². The van der Waals surface area contributed by atoms with Gasteiger partial charge in [-0.2, -0.15) is 0 Å². The van der Waals surface area contributed by atoms with E-state index in [-0.39, 0.29) is 23.2 Å². The minimum atomic E-state index is -1.77.